The standard InChI is InChI=1S/C13H22N4/c1-16-6-5-11(15-16)8-17-7-10-3-2-4-13(14)12(10)9-17/h5-6,10,12-13H,2-4,7-9,14H2,1H3. The van der Waals surface area contributed by atoms with E-state index >= 15 is 0 Å². The molecule has 1 aliphatic heterocycles. The number of hydrogen-bond acceptors (Lipinski definition) is 3. The van der Waals surface area contributed by atoms with Crippen LogP contribution >= 0.6 is 0 Å². The highest BCUT2D eigenvalue weighted by molar-refractivity contribution is 5.01. The lowest BCUT2D eigenvalue weighted by Gasteiger charge is -2.29. The van der Waals surface area contributed by atoms with Crippen molar-refractivity contribution in [1.82, 2.24) is 14.7 Å². The molecule has 94 valence electrons. The van der Waals surface area contributed by atoms with Crippen molar-refractivity contribution in [3.63, 3.8) is 0 Å². The van der Waals surface area contributed by atoms with Gasteiger partial charge in [-0.3, -0.25) is 9.58 Å². The normalized spacial score (nSPS) is 33.9. The van der Waals surface area contributed by atoms with Gasteiger partial charge in [0.25, 0.3) is 0 Å². The Hall–Kier alpha value is -0.870. The van der Waals surface area contributed by atoms with Crippen LogP contribution in [0, 0.1) is 11.8 Å². The van der Waals surface area contributed by atoms with Crippen LogP contribution in [0.15, 0.2) is 12.3 Å². The molecule has 3 atom stereocenters. The highest BCUT2D eigenvalue weighted by Gasteiger charge is 2.38. The molecule has 4 nitrogen and oxygen atoms in total. The molecule has 2 heterocycles. The first-order chi connectivity index (χ1) is 8.22. The summed E-state index contributed by atoms with van der Waals surface area (Å²) in [5.41, 5.74) is 7.41. The molecule has 2 N–H and O–H groups in total. The van der Waals surface area contributed by atoms with Crippen LogP contribution in [0.1, 0.15) is 25.0 Å². The monoisotopic (exact) mass is 234 g/mol. The van der Waals surface area contributed by atoms with Gasteiger partial charge >= 0.3 is 0 Å². The van der Waals surface area contributed by atoms with Crippen LogP contribution in [0.25, 0.3) is 0 Å². The molecule has 4 heteroatoms. The Morgan fingerprint density at radius 1 is 1.41 bits per heavy atom. The molecule has 1 saturated carbocycles. The number of fused-ring (bicyclic) bond motifs is 1. The van der Waals surface area contributed by atoms with Crippen molar-refractivity contribution in [3.8, 4) is 0 Å². The summed E-state index contributed by atoms with van der Waals surface area (Å²) >= 11 is 0. The zero-order chi connectivity index (χ0) is 11.8. The maximum absolute atomic E-state index is 6.23. The van der Waals surface area contributed by atoms with Crippen LogP contribution in [-0.2, 0) is 13.6 Å². The van der Waals surface area contributed by atoms with Gasteiger partial charge in [0.2, 0.25) is 0 Å². The molecule has 1 saturated heterocycles. The molecule has 2 fully saturated rings. The Bertz CT molecular complexity index is 387. The van der Waals surface area contributed by atoms with Crippen molar-refractivity contribution in [2.75, 3.05) is 13.1 Å². The molecule has 0 amide bonds. The zero-order valence-corrected chi connectivity index (χ0v) is 10.5. The van der Waals surface area contributed by atoms with Crippen LogP contribution < -0.4 is 5.73 Å². The molecule has 3 unspecified atom stereocenters. The summed E-state index contributed by atoms with van der Waals surface area (Å²) in [7, 11) is 1.98. The van der Waals surface area contributed by atoms with Crippen LogP contribution in [0.2, 0.25) is 0 Å². The second-order valence-electron chi connectivity index (χ2n) is 5.69. The van der Waals surface area contributed by atoms with Gasteiger partial charge in [0, 0.05) is 38.9 Å². The molecule has 0 aromatic carbocycles. The summed E-state index contributed by atoms with van der Waals surface area (Å²) in [6, 6.07) is 2.55. The van der Waals surface area contributed by atoms with Gasteiger partial charge < -0.3 is 5.73 Å². The summed E-state index contributed by atoms with van der Waals surface area (Å²) in [4.78, 5) is 2.53. The molecule has 1 aromatic heterocycles. The van der Waals surface area contributed by atoms with Crippen LogP contribution in [-0.4, -0.2) is 33.8 Å². The highest BCUT2D eigenvalue weighted by atomic mass is 15.3. The Balaban J connectivity index is 1.63. The second kappa shape index (κ2) is 4.42. The van der Waals surface area contributed by atoms with Gasteiger partial charge in [-0.15, -0.1) is 0 Å². The Morgan fingerprint density at radius 2 is 2.29 bits per heavy atom. The summed E-state index contributed by atoms with van der Waals surface area (Å²) < 4.78 is 1.88. The minimum Gasteiger partial charge on any atom is -0.327 e. The van der Waals surface area contributed by atoms with Gasteiger partial charge in [-0.05, 0) is 30.7 Å². The van der Waals surface area contributed by atoms with E-state index in [9.17, 15) is 0 Å². The molecule has 1 aliphatic carbocycles. The fourth-order valence-electron chi connectivity index (χ4n) is 3.51. The number of aromatic nitrogens is 2. The minimum atomic E-state index is 0.433. The largest absolute Gasteiger partial charge is 0.327 e. The Labute approximate surface area is 103 Å². The predicted molar refractivity (Wildman–Crippen MR) is 67.3 cm³/mol. The van der Waals surface area contributed by atoms with Crippen molar-refractivity contribution in [2.45, 2.75) is 31.8 Å². The summed E-state index contributed by atoms with van der Waals surface area (Å²) in [6.45, 7) is 3.37. The van der Waals surface area contributed by atoms with Gasteiger partial charge in [-0.1, -0.05) is 6.42 Å². The Morgan fingerprint density at radius 3 is 3.00 bits per heavy atom. The van der Waals surface area contributed by atoms with Gasteiger partial charge in [0.1, 0.15) is 0 Å². The number of rotatable bonds is 2. The van der Waals surface area contributed by atoms with E-state index in [0.717, 1.165) is 18.4 Å². The summed E-state index contributed by atoms with van der Waals surface area (Å²) in [5.74, 6) is 1.56. The first-order valence-electron chi connectivity index (χ1n) is 6.69. The molecular weight excluding hydrogens is 212 g/mol. The third-order valence-electron chi connectivity index (χ3n) is 4.38. The molecule has 3 rings (SSSR count). The van der Waals surface area contributed by atoms with Crippen LogP contribution in [0.3, 0.4) is 0 Å². The van der Waals surface area contributed by atoms with E-state index in [4.69, 9.17) is 5.73 Å². The number of likely N-dealkylation sites (tertiary alicyclic amines) is 1. The van der Waals surface area contributed by atoms with Gasteiger partial charge in [-0.25, -0.2) is 0 Å². The maximum Gasteiger partial charge on any atom is 0.0764 e. The molecule has 0 spiro atoms. The maximum atomic E-state index is 6.23. The minimum absolute atomic E-state index is 0.433. The van der Waals surface area contributed by atoms with Gasteiger partial charge in [0.05, 0.1) is 5.69 Å². The van der Waals surface area contributed by atoms with E-state index in [2.05, 4.69) is 16.1 Å². The lowest BCUT2D eigenvalue weighted by molar-refractivity contribution is 0.259. The summed E-state index contributed by atoms with van der Waals surface area (Å²) in [6.07, 6.45) is 5.93. The van der Waals surface area contributed by atoms with E-state index in [1.165, 1.54) is 38.0 Å². The van der Waals surface area contributed by atoms with Crippen molar-refractivity contribution < 1.29 is 0 Å². The molecule has 0 bridgehead atoms. The zero-order valence-electron chi connectivity index (χ0n) is 10.5. The first-order valence-corrected chi connectivity index (χ1v) is 6.69. The molecular formula is C13H22N4. The van der Waals surface area contributed by atoms with Crippen molar-refractivity contribution in [2.24, 2.45) is 24.6 Å². The highest BCUT2D eigenvalue weighted by Crippen LogP contribution is 2.35. The smallest absolute Gasteiger partial charge is 0.0764 e. The van der Waals surface area contributed by atoms with Gasteiger partial charge in [-0.2, -0.15) is 5.10 Å². The molecule has 1 aromatic rings. The van der Waals surface area contributed by atoms with Crippen LogP contribution in [0.5, 0.6) is 0 Å². The fourth-order valence-corrected chi connectivity index (χ4v) is 3.51. The van der Waals surface area contributed by atoms with E-state index in [-0.39, 0.29) is 0 Å². The molecule has 0 radical (unpaired) electrons. The van der Waals surface area contributed by atoms with E-state index in [0.29, 0.717) is 6.04 Å². The van der Waals surface area contributed by atoms with E-state index < -0.39 is 0 Å². The molecule has 17 heavy (non-hydrogen) atoms. The third kappa shape index (κ3) is 2.24. The third-order valence-corrected chi connectivity index (χ3v) is 4.38. The predicted octanol–water partition coefficient (Wildman–Crippen LogP) is 0.979. The van der Waals surface area contributed by atoms with Crippen molar-refractivity contribution >= 4 is 0 Å². The van der Waals surface area contributed by atoms with Crippen molar-refractivity contribution in [1.29, 1.82) is 0 Å². The Kier molecular flexibility index (Phi) is 2.92. The average molecular weight is 234 g/mol. The van der Waals surface area contributed by atoms with E-state index in [1.807, 2.05) is 17.9 Å². The van der Waals surface area contributed by atoms with Crippen LogP contribution in [0.4, 0.5) is 0 Å². The lowest BCUT2D eigenvalue weighted by Crippen LogP contribution is -2.38. The fraction of sp³-hybridized carbons (Fsp3) is 0.769. The average Bonchev–Trinajstić information content (AvgIpc) is 2.86. The number of nitrogens with two attached hydrogens (primary N) is 1. The number of hydrogen-bond donors (Lipinski definition) is 1. The van der Waals surface area contributed by atoms with Crippen molar-refractivity contribution in [3.05, 3.63) is 18.0 Å². The first kappa shape index (κ1) is 11.2. The van der Waals surface area contributed by atoms with E-state index in [1.54, 1.807) is 0 Å². The summed E-state index contributed by atoms with van der Waals surface area (Å²) in [5, 5.41) is 4.45. The quantitative estimate of drug-likeness (QED) is 0.830. The lowest BCUT2D eigenvalue weighted by atomic mass is 9.78. The number of aryl methyl sites for hydroxylation is 1. The van der Waals surface area contributed by atoms with Gasteiger partial charge in [0.15, 0.2) is 0 Å². The second-order valence-corrected chi connectivity index (χ2v) is 5.69. The number of nitrogens with zero attached hydrogens (tertiary/aromatic N) is 3. The molecule has 2 aliphatic rings. The topological polar surface area (TPSA) is 47.1 Å². The SMILES string of the molecule is Cn1ccc(CN2CC3CCCC(N)C3C2)n1.